The van der Waals surface area contributed by atoms with Crippen LogP contribution in [0, 0.1) is 6.92 Å². The summed E-state index contributed by atoms with van der Waals surface area (Å²) in [6.07, 6.45) is 5.03. The van der Waals surface area contributed by atoms with Gasteiger partial charge in [0.15, 0.2) is 0 Å². The van der Waals surface area contributed by atoms with Crippen molar-refractivity contribution in [1.82, 2.24) is 14.9 Å². The molecule has 0 bridgehead atoms. The van der Waals surface area contributed by atoms with Crippen LogP contribution >= 0.6 is 0 Å². The first-order valence-electron chi connectivity index (χ1n) is 9.82. The van der Waals surface area contributed by atoms with Crippen molar-refractivity contribution >= 4 is 5.69 Å². The summed E-state index contributed by atoms with van der Waals surface area (Å²) in [5.74, 6) is 1.07. The Morgan fingerprint density at radius 3 is 2.77 bits per heavy atom. The fourth-order valence-corrected chi connectivity index (χ4v) is 4.36. The van der Waals surface area contributed by atoms with Crippen molar-refractivity contribution in [2.45, 2.75) is 45.1 Å². The van der Waals surface area contributed by atoms with E-state index in [0.717, 1.165) is 31.7 Å². The van der Waals surface area contributed by atoms with Gasteiger partial charge >= 0.3 is 0 Å². The van der Waals surface area contributed by atoms with Crippen LogP contribution in [-0.4, -0.2) is 41.0 Å². The Morgan fingerprint density at radius 1 is 1.15 bits per heavy atom. The summed E-state index contributed by atoms with van der Waals surface area (Å²) in [4.78, 5) is 24.1. The third-order valence-electron chi connectivity index (χ3n) is 5.65. The molecule has 1 unspecified atom stereocenters. The number of likely N-dealkylation sites (tertiary alicyclic amines) is 1. The monoisotopic (exact) mass is 352 g/mol. The van der Waals surface area contributed by atoms with Crippen molar-refractivity contribution in [2.75, 3.05) is 31.1 Å². The molecule has 2 saturated heterocycles. The minimum Gasteiger partial charge on any atom is -0.371 e. The van der Waals surface area contributed by atoms with Gasteiger partial charge in [0.1, 0.15) is 5.82 Å². The first-order valence-corrected chi connectivity index (χ1v) is 9.82. The number of nitrogens with one attached hydrogen (secondary N) is 1. The van der Waals surface area contributed by atoms with Crippen molar-refractivity contribution in [3.05, 3.63) is 57.8 Å². The Balaban J connectivity index is 1.46. The maximum atomic E-state index is 11.7. The molecule has 0 saturated carbocycles. The van der Waals surface area contributed by atoms with Crippen LogP contribution in [0.3, 0.4) is 0 Å². The molecule has 3 heterocycles. The van der Waals surface area contributed by atoms with Crippen LogP contribution in [-0.2, 0) is 6.54 Å². The second kappa shape index (κ2) is 7.62. The van der Waals surface area contributed by atoms with E-state index in [2.05, 4.69) is 44.0 Å². The molecular formula is C21H28N4O. The number of hydrogen-bond donors (Lipinski definition) is 1. The van der Waals surface area contributed by atoms with Gasteiger partial charge in [-0.05, 0) is 50.8 Å². The van der Waals surface area contributed by atoms with Gasteiger partial charge in [0.25, 0.3) is 5.56 Å². The number of nitrogens with zero attached hydrogens (tertiary/aromatic N) is 3. The van der Waals surface area contributed by atoms with E-state index in [1.54, 1.807) is 6.07 Å². The topological polar surface area (TPSA) is 52.2 Å². The third kappa shape index (κ3) is 3.83. The Labute approximate surface area is 155 Å². The van der Waals surface area contributed by atoms with Gasteiger partial charge < -0.3 is 9.88 Å². The lowest BCUT2D eigenvalue weighted by molar-refractivity contribution is 0.326. The van der Waals surface area contributed by atoms with E-state index < -0.39 is 0 Å². The van der Waals surface area contributed by atoms with Crippen LogP contribution in [0.25, 0.3) is 0 Å². The highest BCUT2D eigenvalue weighted by Crippen LogP contribution is 2.30. The zero-order valence-electron chi connectivity index (χ0n) is 15.6. The van der Waals surface area contributed by atoms with E-state index in [-0.39, 0.29) is 5.56 Å². The van der Waals surface area contributed by atoms with Gasteiger partial charge in [-0.25, -0.2) is 4.98 Å². The van der Waals surface area contributed by atoms with Crippen LogP contribution in [0.5, 0.6) is 0 Å². The molecule has 2 aliphatic heterocycles. The predicted octanol–water partition coefficient (Wildman–Crippen LogP) is 3.06. The van der Waals surface area contributed by atoms with Crippen molar-refractivity contribution in [3.8, 4) is 0 Å². The van der Waals surface area contributed by atoms with Crippen LogP contribution < -0.4 is 10.5 Å². The molecular weight excluding hydrogens is 324 g/mol. The second-order valence-electron chi connectivity index (χ2n) is 7.65. The normalized spacial score (nSPS) is 21.3. The van der Waals surface area contributed by atoms with Gasteiger partial charge in [0, 0.05) is 43.9 Å². The highest BCUT2D eigenvalue weighted by atomic mass is 16.1. The Hall–Kier alpha value is -2.14. The first kappa shape index (κ1) is 17.3. The minimum absolute atomic E-state index is 0.0404. The molecule has 0 radical (unpaired) electrons. The van der Waals surface area contributed by atoms with Crippen molar-refractivity contribution in [2.24, 2.45) is 0 Å². The number of aromatic amines is 1. The van der Waals surface area contributed by atoms with E-state index in [0.29, 0.717) is 11.7 Å². The lowest BCUT2D eigenvalue weighted by Gasteiger charge is -2.31. The lowest BCUT2D eigenvalue weighted by atomic mass is 10.0. The number of benzene rings is 1. The maximum Gasteiger partial charge on any atom is 0.251 e. The van der Waals surface area contributed by atoms with Gasteiger partial charge in [-0.15, -0.1) is 0 Å². The summed E-state index contributed by atoms with van der Waals surface area (Å²) >= 11 is 0. The summed E-state index contributed by atoms with van der Waals surface area (Å²) in [5.41, 5.74) is 3.73. The van der Waals surface area contributed by atoms with Gasteiger partial charge in [-0.3, -0.25) is 9.69 Å². The standard InChI is InChI=1S/C21H28N4O/c1-16-22-19(13-21(26)23-16)17-9-12-24(14-17)15-18-7-3-4-8-20(18)25-10-5-2-6-11-25/h3-4,7-8,13,17H,2,5-6,9-12,14-15H2,1H3,(H,22,23,26). The van der Waals surface area contributed by atoms with Gasteiger partial charge in [0.05, 0.1) is 5.69 Å². The predicted molar refractivity (Wildman–Crippen MR) is 105 cm³/mol. The number of para-hydroxylation sites is 1. The zero-order valence-corrected chi connectivity index (χ0v) is 15.6. The van der Waals surface area contributed by atoms with Crippen molar-refractivity contribution in [1.29, 1.82) is 0 Å². The molecule has 0 aliphatic carbocycles. The van der Waals surface area contributed by atoms with Crippen LogP contribution in [0.1, 0.15) is 48.7 Å². The minimum atomic E-state index is -0.0404. The molecule has 5 heteroatoms. The fourth-order valence-electron chi connectivity index (χ4n) is 4.36. The summed E-state index contributed by atoms with van der Waals surface area (Å²) < 4.78 is 0. The average Bonchev–Trinajstić information content (AvgIpc) is 3.11. The molecule has 138 valence electrons. The molecule has 0 amide bonds. The summed E-state index contributed by atoms with van der Waals surface area (Å²) in [6, 6.07) is 10.5. The van der Waals surface area contributed by atoms with Crippen LogP contribution in [0.15, 0.2) is 35.1 Å². The second-order valence-corrected chi connectivity index (χ2v) is 7.65. The van der Waals surface area contributed by atoms with Crippen LogP contribution in [0.2, 0.25) is 0 Å². The first-order chi connectivity index (χ1) is 12.7. The Morgan fingerprint density at radius 2 is 1.96 bits per heavy atom. The smallest absolute Gasteiger partial charge is 0.251 e. The number of rotatable bonds is 4. The lowest BCUT2D eigenvalue weighted by Crippen LogP contribution is -2.31. The molecule has 1 N–H and O–H groups in total. The summed E-state index contributed by atoms with van der Waals surface area (Å²) in [7, 11) is 0. The third-order valence-corrected chi connectivity index (χ3v) is 5.65. The van der Waals surface area contributed by atoms with Gasteiger partial charge in [-0.2, -0.15) is 0 Å². The van der Waals surface area contributed by atoms with Gasteiger partial charge in [0.2, 0.25) is 0 Å². The highest BCUT2D eigenvalue weighted by molar-refractivity contribution is 5.54. The average molecular weight is 352 g/mol. The maximum absolute atomic E-state index is 11.7. The molecule has 1 atom stereocenters. The van der Waals surface area contributed by atoms with Crippen LogP contribution in [0.4, 0.5) is 5.69 Å². The number of hydrogen-bond acceptors (Lipinski definition) is 4. The van der Waals surface area contributed by atoms with Gasteiger partial charge in [-0.1, -0.05) is 18.2 Å². The molecule has 2 fully saturated rings. The summed E-state index contributed by atoms with van der Waals surface area (Å²) in [5, 5.41) is 0. The molecule has 0 spiro atoms. The SMILES string of the molecule is Cc1nc(C2CCN(Cc3ccccc3N3CCCCC3)C2)cc(=O)[nH]1. The molecule has 4 rings (SSSR count). The van der Waals surface area contributed by atoms with E-state index in [1.165, 1.54) is 43.6 Å². The fraction of sp³-hybridized carbons (Fsp3) is 0.524. The number of H-pyrrole nitrogens is 1. The number of anilines is 1. The number of aromatic nitrogens is 2. The summed E-state index contributed by atoms with van der Waals surface area (Å²) in [6.45, 7) is 7.22. The van der Waals surface area contributed by atoms with E-state index >= 15 is 0 Å². The molecule has 2 aliphatic rings. The Bertz CT molecular complexity index is 810. The largest absolute Gasteiger partial charge is 0.371 e. The number of piperidine rings is 1. The van der Waals surface area contributed by atoms with E-state index in [1.807, 2.05) is 6.92 Å². The molecule has 1 aromatic carbocycles. The number of aryl methyl sites for hydroxylation is 1. The quantitative estimate of drug-likeness (QED) is 0.919. The highest BCUT2D eigenvalue weighted by Gasteiger charge is 2.26. The molecule has 2 aromatic rings. The van der Waals surface area contributed by atoms with Crippen molar-refractivity contribution in [3.63, 3.8) is 0 Å². The molecule has 26 heavy (non-hydrogen) atoms. The Kier molecular flexibility index (Phi) is 5.07. The molecule has 1 aromatic heterocycles. The van der Waals surface area contributed by atoms with E-state index in [9.17, 15) is 4.79 Å². The molecule has 5 nitrogen and oxygen atoms in total. The van der Waals surface area contributed by atoms with E-state index in [4.69, 9.17) is 0 Å². The van der Waals surface area contributed by atoms with Crippen molar-refractivity contribution < 1.29 is 0 Å². The zero-order chi connectivity index (χ0) is 17.9.